The molecule has 1 unspecified atom stereocenters. The molecule has 7 heteroatoms. The van der Waals surface area contributed by atoms with Gasteiger partial charge in [-0.2, -0.15) is 0 Å². The van der Waals surface area contributed by atoms with E-state index >= 15 is 0 Å². The number of anilines is 1. The second-order valence-corrected chi connectivity index (χ2v) is 8.07. The number of ether oxygens (including phenoxy) is 1. The zero-order valence-corrected chi connectivity index (χ0v) is 16.9. The third-order valence-electron chi connectivity index (χ3n) is 4.56. The van der Waals surface area contributed by atoms with Gasteiger partial charge in [0.05, 0.1) is 12.1 Å². The van der Waals surface area contributed by atoms with Gasteiger partial charge in [0.15, 0.2) is 5.16 Å². The molecule has 144 valence electrons. The number of amides is 1. The van der Waals surface area contributed by atoms with Crippen molar-refractivity contribution in [2.24, 2.45) is 0 Å². The number of aromatic nitrogens is 2. The lowest BCUT2D eigenvalue weighted by atomic mass is 10.1. The van der Waals surface area contributed by atoms with Gasteiger partial charge in [0.1, 0.15) is 11.0 Å². The summed E-state index contributed by atoms with van der Waals surface area (Å²) in [4.78, 5) is 17.6. The molecule has 1 heterocycles. The summed E-state index contributed by atoms with van der Waals surface area (Å²) in [6.07, 6.45) is 6.11. The summed E-state index contributed by atoms with van der Waals surface area (Å²) < 4.78 is 7.34. The first kappa shape index (κ1) is 18.9. The van der Waals surface area contributed by atoms with Crippen LogP contribution in [0.1, 0.15) is 29.7 Å². The Morgan fingerprint density at radius 2 is 2.07 bits per heavy atom. The summed E-state index contributed by atoms with van der Waals surface area (Å²) in [5, 5.41) is 3.86. The molecule has 1 aliphatic carbocycles. The molecule has 1 saturated carbocycles. The molecule has 0 spiro atoms. The summed E-state index contributed by atoms with van der Waals surface area (Å²) in [7, 11) is 1.56. The average Bonchev–Trinajstić information content (AvgIpc) is 3.45. The molecule has 1 aromatic heterocycles. The lowest BCUT2D eigenvalue weighted by Gasteiger charge is -2.18. The van der Waals surface area contributed by atoms with Crippen molar-refractivity contribution < 1.29 is 9.53 Å². The van der Waals surface area contributed by atoms with Crippen LogP contribution in [0.2, 0.25) is 5.02 Å². The molecule has 5 nitrogen and oxygen atoms in total. The van der Waals surface area contributed by atoms with Gasteiger partial charge in [-0.1, -0.05) is 53.7 Å². The number of rotatable bonds is 7. The molecule has 0 radical (unpaired) electrons. The number of hydrogen-bond acceptors (Lipinski definition) is 4. The fourth-order valence-electron chi connectivity index (χ4n) is 2.98. The first-order chi connectivity index (χ1) is 13.7. The Balaban J connectivity index is 1.58. The summed E-state index contributed by atoms with van der Waals surface area (Å²) in [5.74, 6) is 0.447. The molecule has 0 bridgehead atoms. The quantitative estimate of drug-likeness (QED) is 0.530. The minimum atomic E-state index is -0.429. The van der Waals surface area contributed by atoms with Gasteiger partial charge in [-0.25, -0.2) is 4.98 Å². The first-order valence-electron chi connectivity index (χ1n) is 9.04. The van der Waals surface area contributed by atoms with E-state index in [2.05, 4.69) is 14.9 Å². The molecular formula is C21H20ClN3O2S. The third kappa shape index (κ3) is 4.18. The summed E-state index contributed by atoms with van der Waals surface area (Å²) in [6.45, 7) is 0. The topological polar surface area (TPSA) is 56.1 Å². The van der Waals surface area contributed by atoms with Crippen molar-refractivity contribution in [1.82, 2.24) is 9.55 Å². The monoisotopic (exact) mass is 413 g/mol. The Kier molecular flexibility index (Phi) is 5.59. The predicted molar refractivity (Wildman–Crippen MR) is 112 cm³/mol. The third-order valence-corrected chi connectivity index (χ3v) is 6.10. The largest absolute Gasteiger partial charge is 0.495 e. The van der Waals surface area contributed by atoms with Gasteiger partial charge >= 0.3 is 0 Å². The van der Waals surface area contributed by atoms with Gasteiger partial charge in [0, 0.05) is 24.1 Å². The van der Waals surface area contributed by atoms with Crippen LogP contribution in [0, 0.1) is 0 Å². The highest BCUT2D eigenvalue weighted by molar-refractivity contribution is 8.00. The van der Waals surface area contributed by atoms with E-state index in [0.29, 0.717) is 22.5 Å². The Hall–Kier alpha value is -2.44. The molecular weight excluding hydrogens is 394 g/mol. The number of nitrogens with one attached hydrogen (secondary N) is 1. The number of carbonyl (C=O) groups is 1. The van der Waals surface area contributed by atoms with Gasteiger partial charge in [-0.05, 0) is 36.6 Å². The van der Waals surface area contributed by atoms with Crippen molar-refractivity contribution >= 4 is 35.0 Å². The van der Waals surface area contributed by atoms with Crippen LogP contribution in [-0.4, -0.2) is 22.6 Å². The number of nitrogens with zero attached hydrogens (tertiary/aromatic N) is 2. The molecule has 0 aliphatic heterocycles. The van der Waals surface area contributed by atoms with Crippen LogP contribution >= 0.6 is 23.4 Å². The molecule has 28 heavy (non-hydrogen) atoms. The standard InChI is InChI=1S/C21H20ClN3O2S/c1-27-18-10-7-15(13-17(18)22)24-20(26)19(14-5-3-2-4-6-14)28-21-23-11-12-25(21)16-8-9-16/h2-7,10-13,16,19H,8-9H2,1H3,(H,24,26). The molecule has 0 saturated heterocycles. The Bertz CT molecular complexity index is 973. The molecule has 1 N–H and O–H groups in total. The second-order valence-electron chi connectivity index (χ2n) is 6.60. The van der Waals surface area contributed by atoms with Crippen LogP contribution in [-0.2, 0) is 4.79 Å². The van der Waals surface area contributed by atoms with Crippen LogP contribution in [0.3, 0.4) is 0 Å². The highest BCUT2D eigenvalue weighted by Crippen LogP contribution is 2.42. The van der Waals surface area contributed by atoms with Gasteiger partial charge < -0.3 is 14.6 Å². The molecule has 1 aliphatic rings. The van der Waals surface area contributed by atoms with Gasteiger partial charge in [-0.3, -0.25) is 4.79 Å². The fourth-order valence-corrected chi connectivity index (χ4v) is 4.36. The van der Waals surface area contributed by atoms with Crippen LogP contribution in [0.15, 0.2) is 66.1 Å². The highest BCUT2D eigenvalue weighted by atomic mass is 35.5. The van der Waals surface area contributed by atoms with E-state index in [1.54, 1.807) is 31.5 Å². The molecule has 1 fully saturated rings. The molecule has 1 amide bonds. The van der Waals surface area contributed by atoms with Gasteiger partial charge in [-0.15, -0.1) is 0 Å². The van der Waals surface area contributed by atoms with Crippen molar-refractivity contribution in [3.8, 4) is 5.75 Å². The van der Waals surface area contributed by atoms with Crippen molar-refractivity contribution in [1.29, 1.82) is 0 Å². The number of hydrogen-bond donors (Lipinski definition) is 1. The van der Waals surface area contributed by atoms with Crippen molar-refractivity contribution in [3.05, 3.63) is 71.5 Å². The first-order valence-corrected chi connectivity index (χ1v) is 10.3. The predicted octanol–water partition coefficient (Wildman–Crippen LogP) is 5.35. The van der Waals surface area contributed by atoms with Crippen molar-refractivity contribution in [3.63, 3.8) is 0 Å². The highest BCUT2D eigenvalue weighted by Gasteiger charge is 2.29. The molecule has 4 rings (SSSR count). The van der Waals surface area contributed by atoms with E-state index < -0.39 is 5.25 Å². The number of halogens is 1. The van der Waals surface area contributed by atoms with E-state index in [1.807, 2.05) is 36.5 Å². The van der Waals surface area contributed by atoms with Crippen LogP contribution in [0.4, 0.5) is 5.69 Å². The summed E-state index contributed by atoms with van der Waals surface area (Å²) in [5.41, 5.74) is 1.55. The van der Waals surface area contributed by atoms with Crippen LogP contribution < -0.4 is 10.1 Å². The smallest absolute Gasteiger partial charge is 0.242 e. The molecule has 2 aromatic carbocycles. The zero-order chi connectivity index (χ0) is 19.5. The average molecular weight is 414 g/mol. The number of imidazole rings is 1. The van der Waals surface area contributed by atoms with Crippen molar-refractivity contribution in [2.45, 2.75) is 29.3 Å². The van der Waals surface area contributed by atoms with E-state index in [4.69, 9.17) is 16.3 Å². The number of thioether (sulfide) groups is 1. The lowest BCUT2D eigenvalue weighted by molar-refractivity contribution is -0.115. The Morgan fingerprint density at radius 3 is 2.75 bits per heavy atom. The van der Waals surface area contributed by atoms with E-state index in [0.717, 1.165) is 23.6 Å². The maximum atomic E-state index is 13.2. The molecule has 3 aromatic rings. The minimum absolute atomic E-state index is 0.122. The zero-order valence-electron chi connectivity index (χ0n) is 15.3. The minimum Gasteiger partial charge on any atom is -0.495 e. The maximum absolute atomic E-state index is 13.2. The van der Waals surface area contributed by atoms with Gasteiger partial charge in [0.25, 0.3) is 0 Å². The number of benzene rings is 2. The summed E-state index contributed by atoms with van der Waals surface area (Å²) in [6, 6.07) is 15.5. The van der Waals surface area contributed by atoms with Crippen LogP contribution in [0.5, 0.6) is 5.75 Å². The van der Waals surface area contributed by atoms with E-state index in [1.165, 1.54) is 11.8 Å². The fraction of sp³-hybridized carbons (Fsp3) is 0.238. The van der Waals surface area contributed by atoms with Gasteiger partial charge in [0.2, 0.25) is 5.91 Å². The van der Waals surface area contributed by atoms with Crippen molar-refractivity contribution in [2.75, 3.05) is 12.4 Å². The van der Waals surface area contributed by atoms with E-state index in [-0.39, 0.29) is 5.91 Å². The molecule has 1 atom stereocenters. The normalized spacial score (nSPS) is 14.5. The lowest BCUT2D eigenvalue weighted by Crippen LogP contribution is -2.19. The Morgan fingerprint density at radius 1 is 1.29 bits per heavy atom. The SMILES string of the molecule is COc1ccc(NC(=O)C(Sc2nccn2C2CC2)c2ccccc2)cc1Cl. The second kappa shape index (κ2) is 8.29. The van der Waals surface area contributed by atoms with E-state index in [9.17, 15) is 4.79 Å². The van der Waals surface area contributed by atoms with Crippen LogP contribution in [0.25, 0.3) is 0 Å². The maximum Gasteiger partial charge on any atom is 0.242 e. The summed E-state index contributed by atoms with van der Waals surface area (Å²) >= 11 is 7.66. The number of carbonyl (C=O) groups excluding carboxylic acids is 1. The number of methoxy groups -OCH3 is 1. The Labute approximate surface area is 173 Å².